The van der Waals surface area contributed by atoms with Crippen LogP contribution in [-0.2, 0) is 14.8 Å². The van der Waals surface area contributed by atoms with Crippen LogP contribution in [0, 0.1) is 5.92 Å². The van der Waals surface area contributed by atoms with E-state index in [1.54, 1.807) is 18.2 Å². The number of rotatable bonds is 4. The Balaban J connectivity index is 1.86. The van der Waals surface area contributed by atoms with Gasteiger partial charge in [-0.3, -0.25) is 14.5 Å². The van der Waals surface area contributed by atoms with Gasteiger partial charge < -0.3 is 4.90 Å². The van der Waals surface area contributed by atoms with E-state index in [1.807, 2.05) is 0 Å². The van der Waals surface area contributed by atoms with Crippen LogP contribution in [0.3, 0.4) is 0 Å². The first-order valence-electron chi connectivity index (χ1n) is 8.60. The van der Waals surface area contributed by atoms with Crippen LogP contribution in [0.25, 0.3) is 11.1 Å². The molecule has 0 bridgehead atoms. The predicted molar refractivity (Wildman–Crippen MR) is 105 cm³/mol. The lowest BCUT2D eigenvalue weighted by molar-refractivity contribution is -0.132. The molecule has 1 aromatic heterocycles. The fraction of sp³-hybridized carbons (Fsp3) is 0.222. The minimum Gasteiger partial charge on any atom is -0.300 e. The summed E-state index contributed by atoms with van der Waals surface area (Å²) in [5, 5.41) is 7.51. The summed E-state index contributed by atoms with van der Waals surface area (Å²) in [5.41, 5.74) is 1.19. The van der Waals surface area contributed by atoms with E-state index in [-0.39, 0.29) is 22.8 Å². The molecule has 156 valence electrons. The number of carbonyl (C=O) groups is 1. The fourth-order valence-corrected chi connectivity index (χ4v) is 3.90. The number of sulfonamides is 1. The van der Waals surface area contributed by atoms with Crippen LogP contribution >= 0.6 is 0 Å². The van der Waals surface area contributed by atoms with E-state index in [9.17, 15) is 26.4 Å². The first kappa shape index (κ1) is 20.0. The molecule has 0 aliphatic carbocycles. The van der Waals surface area contributed by atoms with E-state index >= 15 is 0 Å². The highest BCUT2D eigenvalue weighted by Crippen LogP contribution is 2.37. The van der Waals surface area contributed by atoms with Gasteiger partial charge in [-0.05, 0) is 12.1 Å². The Hall–Kier alpha value is -3.28. The number of nitrogens with zero attached hydrogens (tertiary/aromatic N) is 4. The maximum absolute atomic E-state index is 13.2. The topological polar surface area (TPSA) is 104 Å². The molecule has 2 aliphatic heterocycles. The molecule has 3 heterocycles. The second-order valence-corrected chi connectivity index (χ2v) is 8.53. The molecule has 12 heteroatoms. The third kappa shape index (κ3) is 3.77. The number of nitrogens with one attached hydrogen (secondary N) is 1. The number of hydrogen-bond donors (Lipinski definition) is 1. The molecule has 0 spiro atoms. The Bertz CT molecular complexity index is 1210. The normalized spacial score (nSPS) is 18.1. The van der Waals surface area contributed by atoms with Gasteiger partial charge >= 0.3 is 6.18 Å². The highest BCUT2D eigenvalue weighted by molar-refractivity contribution is 7.92. The zero-order valence-electron chi connectivity index (χ0n) is 15.4. The lowest BCUT2D eigenvalue weighted by Gasteiger charge is -2.32. The number of alkyl halides is 3. The van der Waals surface area contributed by atoms with E-state index in [2.05, 4.69) is 19.9 Å². The minimum atomic E-state index is -4.64. The van der Waals surface area contributed by atoms with Crippen molar-refractivity contribution in [3.8, 4) is 11.1 Å². The molecular formula is C18H14F3N5O3S. The maximum atomic E-state index is 13.2. The zero-order valence-corrected chi connectivity index (χ0v) is 16.2. The van der Waals surface area contributed by atoms with Gasteiger partial charge in [-0.1, -0.05) is 18.2 Å². The number of pyridine rings is 1. The number of halogens is 3. The number of amides is 1. The zero-order chi connectivity index (χ0) is 21.7. The third-order valence-corrected chi connectivity index (χ3v) is 5.07. The highest BCUT2D eigenvalue weighted by Gasteiger charge is 2.44. The molecule has 2 aromatic rings. The Morgan fingerprint density at radius 1 is 1.23 bits per heavy atom. The van der Waals surface area contributed by atoms with Crippen molar-refractivity contribution in [3.05, 3.63) is 42.2 Å². The Morgan fingerprint density at radius 2 is 1.97 bits per heavy atom. The van der Waals surface area contributed by atoms with Crippen molar-refractivity contribution in [2.45, 2.75) is 6.18 Å². The molecule has 1 unspecified atom stereocenters. The van der Waals surface area contributed by atoms with Crippen LogP contribution in [0.2, 0.25) is 0 Å². The first-order valence-corrected chi connectivity index (χ1v) is 10.5. The summed E-state index contributed by atoms with van der Waals surface area (Å²) < 4.78 is 65.2. The molecule has 1 N–H and O–H groups in total. The van der Waals surface area contributed by atoms with Gasteiger partial charge in [0.05, 0.1) is 17.6 Å². The number of aromatic nitrogens is 1. The van der Waals surface area contributed by atoms with E-state index in [4.69, 9.17) is 0 Å². The molecular weight excluding hydrogens is 423 g/mol. The fourth-order valence-electron chi connectivity index (χ4n) is 3.33. The Labute approximate surface area is 169 Å². The highest BCUT2D eigenvalue weighted by atomic mass is 32.2. The smallest absolute Gasteiger partial charge is 0.300 e. The van der Waals surface area contributed by atoms with Crippen LogP contribution in [0.1, 0.15) is 5.69 Å². The van der Waals surface area contributed by atoms with Crippen LogP contribution in [0.15, 0.2) is 46.7 Å². The molecule has 1 aromatic carbocycles. The molecule has 4 rings (SSSR count). The number of benzene rings is 1. The molecule has 1 atom stereocenters. The van der Waals surface area contributed by atoms with E-state index in [0.29, 0.717) is 16.0 Å². The van der Waals surface area contributed by atoms with Crippen LogP contribution in [0.4, 0.5) is 24.5 Å². The minimum absolute atomic E-state index is 0.0653. The molecule has 30 heavy (non-hydrogen) atoms. The number of hydrogen-bond acceptors (Lipinski definition) is 6. The molecule has 1 amide bonds. The first-order chi connectivity index (χ1) is 14.0. The van der Waals surface area contributed by atoms with Gasteiger partial charge in [0.2, 0.25) is 15.9 Å². The van der Waals surface area contributed by atoms with Gasteiger partial charge in [-0.25, -0.2) is 8.42 Å². The lowest BCUT2D eigenvalue weighted by Crippen LogP contribution is -2.48. The van der Waals surface area contributed by atoms with E-state index < -0.39 is 34.6 Å². The van der Waals surface area contributed by atoms with Crippen LogP contribution < -0.4 is 9.62 Å². The average molecular weight is 437 g/mol. The quantitative estimate of drug-likeness (QED) is 0.793. The van der Waals surface area contributed by atoms with Gasteiger partial charge in [-0.15, -0.1) is 0 Å². The number of para-hydroxylation sites is 1. The Kier molecular flexibility index (Phi) is 4.60. The maximum Gasteiger partial charge on any atom is 0.406 e. The summed E-state index contributed by atoms with van der Waals surface area (Å²) in [6, 6.07) is 7.73. The van der Waals surface area contributed by atoms with Crippen molar-refractivity contribution in [1.29, 1.82) is 0 Å². The number of carbonyl (C=O) groups excluding carboxylic acids is 1. The van der Waals surface area contributed by atoms with Crippen molar-refractivity contribution in [3.63, 3.8) is 0 Å². The monoisotopic (exact) mass is 437 g/mol. The number of anilines is 2. The second kappa shape index (κ2) is 6.90. The summed E-state index contributed by atoms with van der Waals surface area (Å²) in [5.74, 6) is -1.82. The van der Waals surface area contributed by atoms with Crippen LogP contribution in [-0.4, -0.2) is 50.2 Å². The molecule has 0 radical (unpaired) electrons. The second-order valence-electron chi connectivity index (χ2n) is 6.78. The van der Waals surface area contributed by atoms with Gasteiger partial charge in [0.25, 0.3) is 0 Å². The molecule has 0 saturated heterocycles. The summed E-state index contributed by atoms with van der Waals surface area (Å²) in [7, 11) is -3.60. The standard InChI is InChI=1S/C18H14F3N5O3S/c1-30(28,29)25-13-5-3-2-4-11(13)10-6-14-16(22-7-10)15-12(8-23-24-15)17(27)26(14)9-18(19,20)21/h2-8,12,25H,9H2,1H3. The third-order valence-electron chi connectivity index (χ3n) is 4.48. The molecule has 0 fully saturated rings. The van der Waals surface area contributed by atoms with E-state index in [1.165, 1.54) is 24.5 Å². The molecule has 8 nitrogen and oxygen atoms in total. The van der Waals surface area contributed by atoms with Crippen LogP contribution in [0.5, 0.6) is 0 Å². The van der Waals surface area contributed by atoms with Crippen molar-refractivity contribution in [2.75, 3.05) is 22.4 Å². The average Bonchev–Trinajstić information content (AvgIpc) is 3.13. The summed E-state index contributed by atoms with van der Waals surface area (Å²) >= 11 is 0. The SMILES string of the molecule is CS(=O)(=O)Nc1ccccc1-c1cnc2c(c1)N(CC(F)(F)F)C(=O)C1C=NN=C21. The lowest BCUT2D eigenvalue weighted by atomic mass is 9.93. The van der Waals surface area contributed by atoms with Crippen molar-refractivity contribution < 1.29 is 26.4 Å². The van der Waals surface area contributed by atoms with Gasteiger partial charge in [0, 0.05) is 23.5 Å². The van der Waals surface area contributed by atoms with E-state index in [0.717, 1.165) is 6.26 Å². The molecule has 2 aliphatic rings. The van der Waals surface area contributed by atoms with Crippen molar-refractivity contribution in [2.24, 2.45) is 16.1 Å². The van der Waals surface area contributed by atoms with Gasteiger partial charge in [-0.2, -0.15) is 23.4 Å². The largest absolute Gasteiger partial charge is 0.406 e. The van der Waals surface area contributed by atoms with Gasteiger partial charge in [0.1, 0.15) is 23.9 Å². The Morgan fingerprint density at radius 3 is 2.67 bits per heavy atom. The summed E-state index contributed by atoms with van der Waals surface area (Å²) in [4.78, 5) is 17.5. The van der Waals surface area contributed by atoms with Gasteiger partial charge in [0.15, 0.2) is 0 Å². The number of fused-ring (bicyclic) bond motifs is 3. The van der Waals surface area contributed by atoms with Crippen molar-refractivity contribution in [1.82, 2.24) is 4.98 Å². The predicted octanol–water partition coefficient (Wildman–Crippen LogP) is 2.43. The van der Waals surface area contributed by atoms with Crippen molar-refractivity contribution >= 4 is 39.2 Å². The summed E-state index contributed by atoms with van der Waals surface area (Å²) in [6.45, 7) is -1.50. The summed E-state index contributed by atoms with van der Waals surface area (Å²) in [6.07, 6.45) is -1.08. The molecule has 0 saturated carbocycles.